The number of hydrogen-bond acceptors (Lipinski definition) is 4. The molecule has 2 aromatic rings. The first kappa shape index (κ1) is 22.0. The van der Waals surface area contributed by atoms with E-state index >= 15 is 0 Å². The van der Waals surface area contributed by atoms with Crippen LogP contribution in [-0.2, 0) is 11.3 Å². The Hall–Kier alpha value is -2.31. The van der Waals surface area contributed by atoms with Crippen LogP contribution in [0.3, 0.4) is 0 Å². The lowest BCUT2D eigenvalue weighted by Crippen LogP contribution is -2.31. The first-order chi connectivity index (χ1) is 13.5. The van der Waals surface area contributed by atoms with Gasteiger partial charge in [-0.15, -0.1) is 11.8 Å². The van der Waals surface area contributed by atoms with Crippen LogP contribution in [0.4, 0.5) is 5.69 Å². The van der Waals surface area contributed by atoms with Crippen LogP contribution in [-0.4, -0.2) is 54.6 Å². The Bertz CT molecular complexity index is 789. The monoisotopic (exact) mass is 399 g/mol. The molecule has 150 valence electrons. The average Bonchev–Trinajstić information content (AvgIpc) is 2.69. The van der Waals surface area contributed by atoms with E-state index in [4.69, 9.17) is 0 Å². The topological polar surface area (TPSA) is 52.7 Å². The molecule has 0 aliphatic rings. The lowest BCUT2D eigenvalue weighted by Gasteiger charge is -2.19. The Morgan fingerprint density at radius 3 is 2.32 bits per heavy atom. The Labute approximate surface area is 172 Å². The highest BCUT2D eigenvalue weighted by Gasteiger charge is 2.14. The summed E-state index contributed by atoms with van der Waals surface area (Å²) in [4.78, 5) is 29.8. The smallest absolute Gasteiger partial charge is 0.253 e. The first-order valence-corrected chi connectivity index (χ1v) is 10.7. The average molecular weight is 400 g/mol. The van der Waals surface area contributed by atoms with Crippen LogP contribution in [0, 0.1) is 0 Å². The number of carbonyl (C=O) groups is 2. The van der Waals surface area contributed by atoms with E-state index in [9.17, 15) is 9.59 Å². The van der Waals surface area contributed by atoms with Crippen LogP contribution in [0.1, 0.15) is 29.8 Å². The fourth-order valence-electron chi connectivity index (χ4n) is 2.97. The molecule has 0 atom stereocenters. The summed E-state index contributed by atoms with van der Waals surface area (Å²) in [7, 11) is 1.92. The minimum Gasteiger partial charge on any atom is -0.339 e. The lowest BCUT2D eigenvalue weighted by molar-refractivity contribution is -0.117. The number of likely N-dealkylation sites (N-methyl/N-ethyl adjacent to an activating group) is 1. The van der Waals surface area contributed by atoms with Crippen LogP contribution in [0.25, 0.3) is 0 Å². The molecule has 0 aliphatic carbocycles. The van der Waals surface area contributed by atoms with Gasteiger partial charge in [0.05, 0.1) is 6.54 Å². The van der Waals surface area contributed by atoms with E-state index in [0.29, 0.717) is 30.9 Å². The van der Waals surface area contributed by atoms with E-state index in [0.717, 1.165) is 0 Å². The van der Waals surface area contributed by atoms with Gasteiger partial charge in [-0.1, -0.05) is 18.2 Å². The molecule has 0 saturated carbocycles. The molecule has 0 unspecified atom stereocenters. The highest BCUT2D eigenvalue weighted by atomic mass is 32.2. The van der Waals surface area contributed by atoms with E-state index < -0.39 is 0 Å². The van der Waals surface area contributed by atoms with Gasteiger partial charge in [0.25, 0.3) is 5.91 Å². The molecular formula is C22H29N3O2S. The van der Waals surface area contributed by atoms with Gasteiger partial charge in [-0.05, 0) is 63.0 Å². The van der Waals surface area contributed by atoms with Crippen molar-refractivity contribution in [2.45, 2.75) is 25.3 Å². The third kappa shape index (κ3) is 6.39. The summed E-state index contributed by atoms with van der Waals surface area (Å²) >= 11 is 1.71. The van der Waals surface area contributed by atoms with Crippen molar-refractivity contribution in [3.8, 4) is 0 Å². The molecule has 2 aromatic carbocycles. The number of thioether (sulfide) groups is 1. The third-order valence-corrected chi connectivity index (χ3v) is 5.21. The second kappa shape index (κ2) is 10.9. The Balaban J connectivity index is 1.93. The Morgan fingerprint density at radius 1 is 1.04 bits per heavy atom. The Kier molecular flexibility index (Phi) is 8.54. The van der Waals surface area contributed by atoms with Crippen molar-refractivity contribution in [2.75, 3.05) is 38.3 Å². The second-order valence-corrected chi connectivity index (χ2v) is 7.51. The quantitative estimate of drug-likeness (QED) is 0.649. The molecule has 1 N–H and O–H groups in total. The van der Waals surface area contributed by atoms with Gasteiger partial charge in [0, 0.05) is 35.8 Å². The van der Waals surface area contributed by atoms with Crippen molar-refractivity contribution in [1.29, 1.82) is 0 Å². The first-order valence-electron chi connectivity index (χ1n) is 9.47. The second-order valence-electron chi connectivity index (χ2n) is 6.63. The van der Waals surface area contributed by atoms with E-state index in [1.54, 1.807) is 40.9 Å². The van der Waals surface area contributed by atoms with Crippen molar-refractivity contribution in [2.24, 2.45) is 0 Å². The van der Waals surface area contributed by atoms with Crippen LogP contribution >= 0.6 is 11.8 Å². The summed E-state index contributed by atoms with van der Waals surface area (Å²) in [5, 5.41) is 2.89. The molecular weight excluding hydrogens is 370 g/mol. The van der Waals surface area contributed by atoms with Crippen molar-refractivity contribution in [3.63, 3.8) is 0 Å². The molecule has 0 heterocycles. The maximum absolute atomic E-state index is 12.5. The van der Waals surface area contributed by atoms with Crippen molar-refractivity contribution < 1.29 is 9.59 Å². The van der Waals surface area contributed by atoms with Gasteiger partial charge in [-0.25, -0.2) is 0 Å². The molecule has 5 nitrogen and oxygen atoms in total. The molecule has 2 rings (SSSR count). The van der Waals surface area contributed by atoms with Crippen LogP contribution in [0.15, 0.2) is 53.4 Å². The highest BCUT2D eigenvalue weighted by molar-refractivity contribution is 7.98. The minimum absolute atomic E-state index is 0.0214. The van der Waals surface area contributed by atoms with Gasteiger partial charge in [0.15, 0.2) is 0 Å². The molecule has 0 spiro atoms. The molecule has 28 heavy (non-hydrogen) atoms. The number of rotatable bonds is 9. The zero-order valence-electron chi connectivity index (χ0n) is 17.1. The molecule has 0 saturated heterocycles. The van der Waals surface area contributed by atoms with Gasteiger partial charge in [-0.2, -0.15) is 0 Å². The van der Waals surface area contributed by atoms with Gasteiger partial charge in [-0.3, -0.25) is 14.5 Å². The molecule has 6 heteroatoms. The molecule has 0 aliphatic heterocycles. The van der Waals surface area contributed by atoms with Crippen molar-refractivity contribution in [1.82, 2.24) is 9.80 Å². The largest absolute Gasteiger partial charge is 0.339 e. The SMILES string of the molecule is CCN(CC)C(=O)c1cccc(NC(=O)CN(C)Cc2ccc(SC)cc2)c1. The predicted octanol–water partition coefficient (Wildman–Crippen LogP) is 3.96. The van der Waals surface area contributed by atoms with Gasteiger partial charge < -0.3 is 10.2 Å². The molecule has 0 radical (unpaired) electrons. The standard InChI is InChI=1S/C22H29N3O2S/c1-5-25(6-2)22(27)18-8-7-9-19(14-18)23-21(26)16-24(3)15-17-10-12-20(28-4)13-11-17/h7-14H,5-6,15-16H2,1-4H3,(H,23,26). The number of carbonyl (C=O) groups excluding carboxylic acids is 2. The van der Waals surface area contributed by atoms with Crippen LogP contribution < -0.4 is 5.32 Å². The number of anilines is 1. The highest BCUT2D eigenvalue weighted by Crippen LogP contribution is 2.16. The zero-order valence-corrected chi connectivity index (χ0v) is 17.9. The number of nitrogens with zero attached hydrogens (tertiary/aromatic N) is 2. The maximum Gasteiger partial charge on any atom is 0.253 e. The number of benzene rings is 2. The number of hydrogen-bond donors (Lipinski definition) is 1. The van der Waals surface area contributed by atoms with Gasteiger partial charge in [0.2, 0.25) is 5.91 Å². The summed E-state index contributed by atoms with van der Waals surface area (Å²) in [6.45, 7) is 6.21. The summed E-state index contributed by atoms with van der Waals surface area (Å²) in [6.07, 6.45) is 2.05. The normalized spacial score (nSPS) is 10.8. The maximum atomic E-state index is 12.5. The zero-order chi connectivity index (χ0) is 20.5. The van der Waals surface area contributed by atoms with Crippen molar-refractivity contribution in [3.05, 3.63) is 59.7 Å². The summed E-state index contributed by atoms with van der Waals surface area (Å²) in [5.41, 5.74) is 2.39. The molecule has 0 fully saturated rings. The summed E-state index contributed by atoms with van der Waals surface area (Å²) < 4.78 is 0. The molecule has 0 bridgehead atoms. The lowest BCUT2D eigenvalue weighted by atomic mass is 10.1. The molecule has 2 amide bonds. The fraction of sp³-hybridized carbons (Fsp3) is 0.364. The number of nitrogens with one attached hydrogen (secondary N) is 1. The number of amides is 2. The molecule has 0 aromatic heterocycles. The van der Waals surface area contributed by atoms with Gasteiger partial charge in [0.1, 0.15) is 0 Å². The minimum atomic E-state index is -0.101. The van der Waals surface area contributed by atoms with E-state index in [2.05, 4.69) is 35.8 Å². The van der Waals surface area contributed by atoms with E-state index in [-0.39, 0.29) is 18.4 Å². The Morgan fingerprint density at radius 2 is 1.71 bits per heavy atom. The predicted molar refractivity (Wildman–Crippen MR) is 117 cm³/mol. The van der Waals surface area contributed by atoms with Crippen LogP contribution in [0.5, 0.6) is 0 Å². The van der Waals surface area contributed by atoms with Crippen molar-refractivity contribution >= 4 is 29.3 Å². The van der Waals surface area contributed by atoms with Crippen LogP contribution in [0.2, 0.25) is 0 Å². The van der Waals surface area contributed by atoms with E-state index in [1.807, 2.05) is 25.8 Å². The third-order valence-electron chi connectivity index (χ3n) is 4.47. The van der Waals surface area contributed by atoms with Gasteiger partial charge >= 0.3 is 0 Å². The fourth-order valence-corrected chi connectivity index (χ4v) is 3.38. The van der Waals surface area contributed by atoms with E-state index in [1.165, 1.54) is 10.5 Å². The summed E-state index contributed by atoms with van der Waals surface area (Å²) in [5.74, 6) is -0.123. The summed E-state index contributed by atoms with van der Waals surface area (Å²) in [6, 6.07) is 15.5.